The fraction of sp³-hybridized carbons (Fsp3) is 0.733. The lowest BCUT2D eigenvalue weighted by Crippen LogP contribution is -2.49. The average molecular weight is 277 g/mol. The van der Waals surface area contributed by atoms with Gasteiger partial charge in [-0.2, -0.15) is 0 Å². The molecule has 5 heteroatoms. The first-order valence-electron chi connectivity index (χ1n) is 7.66. The first-order valence-corrected chi connectivity index (χ1v) is 7.66. The fourth-order valence-electron chi connectivity index (χ4n) is 2.94. The number of carbonyl (C=O) groups excluding carboxylic acids is 1. The van der Waals surface area contributed by atoms with E-state index in [0.29, 0.717) is 12.5 Å². The van der Waals surface area contributed by atoms with Crippen molar-refractivity contribution in [3.63, 3.8) is 0 Å². The van der Waals surface area contributed by atoms with Crippen LogP contribution < -0.4 is 5.32 Å². The van der Waals surface area contributed by atoms with Crippen LogP contribution >= 0.6 is 0 Å². The molecule has 0 saturated carbocycles. The quantitative estimate of drug-likeness (QED) is 0.896. The van der Waals surface area contributed by atoms with Crippen LogP contribution in [0.15, 0.2) is 4.42 Å². The molecule has 2 aliphatic rings. The van der Waals surface area contributed by atoms with Crippen molar-refractivity contribution in [3.05, 3.63) is 17.3 Å². The van der Waals surface area contributed by atoms with Crippen LogP contribution in [0.4, 0.5) is 0 Å². The van der Waals surface area contributed by atoms with E-state index >= 15 is 0 Å². The Morgan fingerprint density at radius 2 is 2.30 bits per heavy atom. The molecule has 0 radical (unpaired) electrons. The van der Waals surface area contributed by atoms with E-state index in [-0.39, 0.29) is 11.9 Å². The van der Waals surface area contributed by atoms with Gasteiger partial charge in [0.05, 0.1) is 12.6 Å². The van der Waals surface area contributed by atoms with Crippen molar-refractivity contribution in [1.82, 2.24) is 15.2 Å². The highest BCUT2D eigenvalue weighted by molar-refractivity contribution is 5.82. The Morgan fingerprint density at radius 1 is 1.45 bits per heavy atom. The van der Waals surface area contributed by atoms with E-state index in [1.807, 2.05) is 4.90 Å². The summed E-state index contributed by atoms with van der Waals surface area (Å²) in [5, 5.41) is 3.33. The summed E-state index contributed by atoms with van der Waals surface area (Å²) < 4.78 is 5.78. The number of nitrogens with zero attached hydrogens (tertiary/aromatic N) is 2. The minimum absolute atomic E-state index is 0.00164. The Labute approximate surface area is 119 Å². The monoisotopic (exact) mass is 277 g/mol. The summed E-state index contributed by atoms with van der Waals surface area (Å²) in [5.41, 5.74) is 0.948. The van der Waals surface area contributed by atoms with Crippen LogP contribution in [0.3, 0.4) is 0 Å². The van der Waals surface area contributed by atoms with E-state index in [4.69, 9.17) is 4.42 Å². The van der Waals surface area contributed by atoms with Crippen LogP contribution in [0.1, 0.15) is 56.4 Å². The normalized spacial score (nSPS) is 22.9. The van der Waals surface area contributed by atoms with E-state index in [2.05, 4.69) is 24.1 Å². The molecule has 1 unspecified atom stereocenters. The fourth-order valence-corrected chi connectivity index (χ4v) is 2.94. The molecule has 1 aromatic heterocycles. The molecular weight excluding hydrogens is 254 g/mol. The molecule has 0 spiro atoms. The number of carbonyl (C=O) groups is 1. The molecule has 1 amide bonds. The Hall–Kier alpha value is -1.36. The van der Waals surface area contributed by atoms with Crippen LogP contribution in [-0.2, 0) is 17.8 Å². The van der Waals surface area contributed by atoms with E-state index in [9.17, 15) is 4.79 Å². The first-order chi connectivity index (χ1) is 9.65. The summed E-state index contributed by atoms with van der Waals surface area (Å²) in [6.07, 6.45) is 4.06. The third-order valence-electron chi connectivity index (χ3n) is 4.16. The average Bonchev–Trinajstić information content (AvgIpc) is 2.90. The molecule has 110 valence electrons. The molecule has 3 heterocycles. The lowest BCUT2D eigenvalue weighted by molar-refractivity contribution is -0.135. The summed E-state index contributed by atoms with van der Waals surface area (Å²) in [4.78, 5) is 19.0. The Bertz CT molecular complexity index is 489. The van der Waals surface area contributed by atoms with Gasteiger partial charge < -0.3 is 14.6 Å². The minimum Gasteiger partial charge on any atom is -0.445 e. The van der Waals surface area contributed by atoms with Crippen LogP contribution in [0.25, 0.3) is 0 Å². The van der Waals surface area contributed by atoms with Gasteiger partial charge >= 0.3 is 0 Å². The zero-order valence-electron chi connectivity index (χ0n) is 12.3. The summed E-state index contributed by atoms with van der Waals surface area (Å²) in [7, 11) is 0. The second-order valence-electron chi connectivity index (χ2n) is 6.09. The zero-order valence-corrected chi connectivity index (χ0v) is 12.3. The van der Waals surface area contributed by atoms with Gasteiger partial charge in [-0.05, 0) is 19.4 Å². The number of amides is 1. The number of rotatable bonds is 2. The van der Waals surface area contributed by atoms with Gasteiger partial charge in [0.15, 0.2) is 5.89 Å². The maximum absolute atomic E-state index is 12.5. The number of hydrogen-bond acceptors (Lipinski definition) is 4. The highest BCUT2D eigenvalue weighted by Crippen LogP contribution is 2.24. The van der Waals surface area contributed by atoms with Gasteiger partial charge in [0.1, 0.15) is 11.5 Å². The van der Waals surface area contributed by atoms with Gasteiger partial charge in [-0.25, -0.2) is 4.98 Å². The molecule has 1 saturated heterocycles. The molecule has 1 fully saturated rings. The van der Waals surface area contributed by atoms with Crippen molar-refractivity contribution < 1.29 is 9.21 Å². The number of nitrogens with one attached hydrogen (secondary N) is 1. The summed E-state index contributed by atoms with van der Waals surface area (Å²) in [6.45, 7) is 6.45. The SMILES string of the molecule is CC(C)c1nc2c(o1)CCN(C(=O)C1CCCCN1)C2. The maximum Gasteiger partial charge on any atom is 0.240 e. The Morgan fingerprint density at radius 3 is 3.00 bits per heavy atom. The molecule has 0 bridgehead atoms. The van der Waals surface area contributed by atoms with Crippen molar-refractivity contribution >= 4 is 5.91 Å². The minimum atomic E-state index is 0.00164. The van der Waals surface area contributed by atoms with Gasteiger partial charge in [0.25, 0.3) is 0 Å². The van der Waals surface area contributed by atoms with Gasteiger partial charge in [-0.15, -0.1) is 0 Å². The summed E-state index contributed by atoms with van der Waals surface area (Å²) in [5.74, 6) is 2.28. The number of oxazole rings is 1. The number of hydrogen-bond donors (Lipinski definition) is 1. The molecule has 20 heavy (non-hydrogen) atoms. The lowest BCUT2D eigenvalue weighted by atomic mass is 10.0. The van der Waals surface area contributed by atoms with E-state index in [1.54, 1.807) is 0 Å². The number of fused-ring (bicyclic) bond motifs is 1. The summed E-state index contributed by atoms with van der Waals surface area (Å²) >= 11 is 0. The second kappa shape index (κ2) is 5.56. The molecule has 3 rings (SSSR count). The van der Waals surface area contributed by atoms with Gasteiger partial charge in [0.2, 0.25) is 5.91 Å². The number of aromatic nitrogens is 1. The van der Waals surface area contributed by atoms with E-state index in [0.717, 1.165) is 49.7 Å². The van der Waals surface area contributed by atoms with Crippen molar-refractivity contribution in [2.45, 2.75) is 58.0 Å². The standard InChI is InChI=1S/C15H23N3O2/c1-10(2)14-17-12-9-18(8-6-13(12)20-14)15(19)11-5-3-4-7-16-11/h10-11,16H,3-9H2,1-2H3. The summed E-state index contributed by atoms with van der Waals surface area (Å²) in [6, 6.07) is 0.00164. The van der Waals surface area contributed by atoms with Crippen molar-refractivity contribution in [2.24, 2.45) is 0 Å². The highest BCUT2D eigenvalue weighted by atomic mass is 16.4. The molecule has 0 aliphatic carbocycles. The van der Waals surface area contributed by atoms with Crippen molar-refractivity contribution in [2.75, 3.05) is 13.1 Å². The van der Waals surface area contributed by atoms with Crippen LogP contribution in [-0.4, -0.2) is 34.9 Å². The van der Waals surface area contributed by atoms with Crippen molar-refractivity contribution in [3.8, 4) is 0 Å². The Balaban J connectivity index is 1.69. The first kappa shape index (κ1) is 13.6. The third-order valence-corrected chi connectivity index (χ3v) is 4.16. The molecule has 5 nitrogen and oxygen atoms in total. The maximum atomic E-state index is 12.5. The van der Waals surface area contributed by atoms with E-state index < -0.39 is 0 Å². The van der Waals surface area contributed by atoms with E-state index in [1.165, 1.54) is 6.42 Å². The molecule has 2 aliphatic heterocycles. The molecule has 1 N–H and O–H groups in total. The second-order valence-corrected chi connectivity index (χ2v) is 6.09. The zero-order chi connectivity index (χ0) is 14.1. The van der Waals surface area contributed by atoms with Gasteiger partial charge in [-0.3, -0.25) is 4.79 Å². The smallest absolute Gasteiger partial charge is 0.240 e. The predicted octanol–water partition coefficient (Wildman–Crippen LogP) is 1.82. The van der Waals surface area contributed by atoms with Crippen LogP contribution in [0, 0.1) is 0 Å². The molecule has 1 aromatic rings. The highest BCUT2D eigenvalue weighted by Gasteiger charge is 2.30. The van der Waals surface area contributed by atoms with Gasteiger partial charge in [-0.1, -0.05) is 20.3 Å². The molecular formula is C15H23N3O2. The van der Waals surface area contributed by atoms with Crippen LogP contribution in [0.5, 0.6) is 0 Å². The van der Waals surface area contributed by atoms with Crippen molar-refractivity contribution in [1.29, 1.82) is 0 Å². The number of piperidine rings is 1. The van der Waals surface area contributed by atoms with Gasteiger partial charge in [0, 0.05) is 18.9 Å². The third kappa shape index (κ3) is 2.59. The largest absolute Gasteiger partial charge is 0.445 e. The molecule has 0 aromatic carbocycles. The Kier molecular flexibility index (Phi) is 3.78. The molecule has 1 atom stereocenters. The lowest BCUT2D eigenvalue weighted by Gasteiger charge is -2.31. The topological polar surface area (TPSA) is 58.4 Å². The predicted molar refractivity (Wildman–Crippen MR) is 75.4 cm³/mol. The van der Waals surface area contributed by atoms with Crippen LogP contribution in [0.2, 0.25) is 0 Å².